The summed E-state index contributed by atoms with van der Waals surface area (Å²) in [6.07, 6.45) is 15.6. The number of ether oxygens (including phenoxy) is 1. The summed E-state index contributed by atoms with van der Waals surface area (Å²) in [6.45, 7) is 4.41. The minimum atomic E-state index is -0.290. The monoisotopic (exact) mass is 463 g/mol. The van der Waals surface area contributed by atoms with Crippen LogP contribution in [0, 0.1) is 23.1 Å². The number of nitriles is 1. The average molecular weight is 464 g/mol. The average Bonchev–Trinajstić information content (AvgIpc) is 2.87. The summed E-state index contributed by atoms with van der Waals surface area (Å²) >= 11 is 0. The Bertz CT molecular complexity index is 953. The minimum absolute atomic E-state index is 0.252. The molecule has 1 aliphatic carbocycles. The molecule has 0 saturated heterocycles. The fourth-order valence-corrected chi connectivity index (χ4v) is 5.55. The van der Waals surface area contributed by atoms with Gasteiger partial charge in [-0.2, -0.15) is 5.26 Å². The molecule has 0 aliphatic heterocycles. The van der Waals surface area contributed by atoms with Crippen LogP contribution in [-0.2, 0) is 6.42 Å². The van der Waals surface area contributed by atoms with Gasteiger partial charge in [-0.15, -0.1) is 0 Å². The van der Waals surface area contributed by atoms with Crippen molar-refractivity contribution >= 4 is 0 Å². The standard InChI is InChI=1S/C31H42FNO/c1-4-6-8-10-11-23-13-15-24(16-14-23)26-18-19-28(27(21-26)22-33)29-20-17-25(12-9-7-5-2)30(32)31(29)34-3/h17-21,23-24H,4-16H2,1-3H3. The molecule has 184 valence electrons. The maximum Gasteiger partial charge on any atom is 0.168 e. The van der Waals surface area contributed by atoms with Gasteiger partial charge >= 0.3 is 0 Å². The smallest absolute Gasteiger partial charge is 0.168 e. The molecule has 0 unspecified atom stereocenters. The predicted molar refractivity (Wildman–Crippen MR) is 140 cm³/mol. The van der Waals surface area contributed by atoms with Crippen molar-refractivity contribution in [2.75, 3.05) is 7.11 Å². The number of hydrogen-bond acceptors (Lipinski definition) is 2. The van der Waals surface area contributed by atoms with Crippen LogP contribution in [-0.4, -0.2) is 7.11 Å². The van der Waals surface area contributed by atoms with E-state index >= 15 is 4.39 Å². The first-order valence-corrected chi connectivity index (χ1v) is 13.5. The van der Waals surface area contributed by atoms with Crippen LogP contribution in [0.5, 0.6) is 5.75 Å². The van der Waals surface area contributed by atoms with Gasteiger partial charge in [0.2, 0.25) is 0 Å². The van der Waals surface area contributed by atoms with E-state index in [1.165, 1.54) is 70.5 Å². The third-order valence-electron chi connectivity index (χ3n) is 7.67. The number of aryl methyl sites for hydroxylation is 1. The van der Waals surface area contributed by atoms with Crippen LogP contribution in [0.2, 0.25) is 0 Å². The maximum atomic E-state index is 15.2. The van der Waals surface area contributed by atoms with Crippen LogP contribution in [0.15, 0.2) is 30.3 Å². The first kappa shape index (κ1) is 26.3. The van der Waals surface area contributed by atoms with Gasteiger partial charge in [0, 0.05) is 11.1 Å². The summed E-state index contributed by atoms with van der Waals surface area (Å²) in [5, 5.41) is 9.93. The van der Waals surface area contributed by atoms with Gasteiger partial charge in [0.05, 0.1) is 18.7 Å². The van der Waals surface area contributed by atoms with Gasteiger partial charge in [-0.3, -0.25) is 0 Å². The van der Waals surface area contributed by atoms with Crippen molar-refractivity contribution in [2.24, 2.45) is 5.92 Å². The lowest BCUT2D eigenvalue weighted by Crippen LogP contribution is -2.13. The fraction of sp³-hybridized carbons (Fsp3) is 0.581. The molecule has 1 saturated carbocycles. The van der Waals surface area contributed by atoms with E-state index in [9.17, 15) is 5.26 Å². The van der Waals surface area contributed by atoms with E-state index in [4.69, 9.17) is 4.74 Å². The molecule has 0 radical (unpaired) electrons. The zero-order chi connectivity index (χ0) is 24.3. The predicted octanol–water partition coefficient (Wildman–Crippen LogP) is 9.35. The molecule has 3 heteroatoms. The maximum absolute atomic E-state index is 15.2. The molecule has 34 heavy (non-hydrogen) atoms. The van der Waals surface area contributed by atoms with E-state index in [-0.39, 0.29) is 11.6 Å². The van der Waals surface area contributed by atoms with Crippen molar-refractivity contribution < 1.29 is 9.13 Å². The Hall–Kier alpha value is -2.34. The van der Waals surface area contributed by atoms with E-state index in [0.717, 1.165) is 30.7 Å². The lowest BCUT2D eigenvalue weighted by molar-refractivity contribution is 0.302. The summed E-state index contributed by atoms with van der Waals surface area (Å²) in [7, 11) is 1.51. The van der Waals surface area contributed by atoms with Gasteiger partial charge in [-0.1, -0.05) is 83.1 Å². The summed E-state index contributed by atoms with van der Waals surface area (Å²) in [4.78, 5) is 0. The third kappa shape index (κ3) is 6.62. The third-order valence-corrected chi connectivity index (χ3v) is 7.67. The summed E-state index contributed by atoms with van der Waals surface area (Å²) in [5.74, 6) is 1.35. The highest BCUT2D eigenvalue weighted by molar-refractivity contribution is 5.77. The molecular formula is C31H42FNO. The number of nitrogens with zero attached hydrogens (tertiary/aromatic N) is 1. The van der Waals surface area contributed by atoms with Crippen molar-refractivity contribution in [3.8, 4) is 22.9 Å². The molecule has 1 aliphatic rings. The summed E-state index contributed by atoms with van der Waals surface area (Å²) in [5.41, 5.74) is 3.97. The molecule has 2 nitrogen and oxygen atoms in total. The Morgan fingerprint density at radius 2 is 1.62 bits per heavy atom. The van der Waals surface area contributed by atoms with E-state index in [1.54, 1.807) is 0 Å². The van der Waals surface area contributed by atoms with Gasteiger partial charge in [-0.25, -0.2) is 4.39 Å². The lowest BCUT2D eigenvalue weighted by atomic mass is 9.76. The van der Waals surface area contributed by atoms with E-state index < -0.39 is 0 Å². The molecule has 2 aromatic rings. The molecular weight excluding hydrogens is 421 g/mol. The Balaban J connectivity index is 1.74. The number of hydrogen-bond donors (Lipinski definition) is 0. The second kappa shape index (κ2) is 13.5. The fourth-order valence-electron chi connectivity index (χ4n) is 5.55. The molecule has 0 N–H and O–H groups in total. The normalized spacial score (nSPS) is 18.0. The van der Waals surface area contributed by atoms with Crippen LogP contribution in [0.1, 0.15) is 114 Å². The van der Waals surface area contributed by atoms with Crippen molar-refractivity contribution in [3.63, 3.8) is 0 Å². The zero-order valence-electron chi connectivity index (χ0n) is 21.5. The lowest BCUT2D eigenvalue weighted by Gasteiger charge is -2.29. The quantitative estimate of drug-likeness (QED) is 0.294. The van der Waals surface area contributed by atoms with E-state index in [0.29, 0.717) is 29.0 Å². The highest BCUT2D eigenvalue weighted by Crippen LogP contribution is 2.41. The van der Waals surface area contributed by atoms with E-state index in [1.807, 2.05) is 24.3 Å². The van der Waals surface area contributed by atoms with Crippen LogP contribution in [0.4, 0.5) is 4.39 Å². The molecule has 1 fully saturated rings. The Kier molecular flexibility index (Phi) is 10.4. The van der Waals surface area contributed by atoms with Crippen LogP contribution >= 0.6 is 0 Å². The Morgan fingerprint density at radius 1 is 0.912 bits per heavy atom. The van der Waals surface area contributed by atoms with Gasteiger partial charge in [0.1, 0.15) is 0 Å². The Morgan fingerprint density at radius 3 is 2.29 bits per heavy atom. The molecule has 3 rings (SSSR count). The summed E-state index contributed by atoms with van der Waals surface area (Å²) in [6, 6.07) is 12.3. The van der Waals surface area contributed by atoms with Crippen molar-refractivity contribution in [1.29, 1.82) is 5.26 Å². The van der Waals surface area contributed by atoms with Gasteiger partial charge in [0.25, 0.3) is 0 Å². The summed E-state index contributed by atoms with van der Waals surface area (Å²) < 4.78 is 20.7. The van der Waals surface area contributed by atoms with Crippen molar-refractivity contribution in [3.05, 3.63) is 52.8 Å². The molecule has 0 atom stereocenters. The number of halogens is 1. The number of methoxy groups -OCH3 is 1. The molecule has 0 amide bonds. The minimum Gasteiger partial charge on any atom is -0.493 e. The first-order chi connectivity index (χ1) is 16.6. The van der Waals surface area contributed by atoms with Crippen molar-refractivity contribution in [1.82, 2.24) is 0 Å². The topological polar surface area (TPSA) is 33.0 Å². The second-order valence-corrected chi connectivity index (χ2v) is 10.1. The SMILES string of the molecule is CCCCCCC1CCC(c2ccc(-c3ccc(CCCCC)c(F)c3OC)c(C#N)c2)CC1. The Labute approximate surface area is 206 Å². The molecule has 0 spiro atoms. The molecule has 0 heterocycles. The number of unbranched alkanes of at least 4 members (excludes halogenated alkanes) is 5. The van der Waals surface area contributed by atoms with Crippen molar-refractivity contribution in [2.45, 2.75) is 103 Å². The van der Waals surface area contributed by atoms with Crippen LogP contribution < -0.4 is 4.74 Å². The largest absolute Gasteiger partial charge is 0.493 e. The van der Waals surface area contributed by atoms with Gasteiger partial charge < -0.3 is 4.74 Å². The van der Waals surface area contributed by atoms with Crippen LogP contribution in [0.25, 0.3) is 11.1 Å². The first-order valence-electron chi connectivity index (χ1n) is 13.5. The molecule has 0 bridgehead atoms. The number of rotatable bonds is 12. The second-order valence-electron chi connectivity index (χ2n) is 10.1. The highest BCUT2D eigenvalue weighted by atomic mass is 19.1. The molecule has 2 aromatic carbocycles. The number of benzene rings is 2. The molecule has 0 aromatic heterocycles. The van der Waals surface area contributed by atoms with Crippen LogP contribution in [0.3, 0.4) is 0 Å². The van der Waals surface area contributed by atoms with Gasteiger partial charge in [-0.05, 0) is 67.6 Å². The zero-order valence-corrected chi connectivity index (χ0v) is 21.5. The van der Waals surface area contributed by atoms with Gasteiger partial charge in [0.15, 0.2) is 11.6 Å². The van der Waals surface area contributed by atoms with E-state index in [2.05, 4.69) is 26.0 Å². The highest BCUT2D eigenvalue weighted by Gasteiger charge is 2.24.